The van der Waals surface area contributed by atoms with E-state index < -0.39 is 5.60 Å². The monoisotopic (exact) mass is 364 g/mol. The molecule has 1 heterocycles. The summed E-state index contributed by atoms with van der Waals surface area (Å²) in [5.41, 5.74) is 2.81. The Bertz CT molecular complexity index is 730. The average molecular weight is 364 g/mol. The molecule has 0 bridgehead atoms. The highest BCUT2D eigenvalue weighted by molar-refractivity contribution is 6.12. The second-order valence-corrected chi connectivity index (χ2v) is 7.91. The molecule has 27 heavy (non-hydrogen) atoms. The number of nitrogens with zero attached hydrogens (tertiary/aromatic N) is 2. The van der Waals surface area contributed by atoms with Crippen molar-refractivity contribution in [3.05, 3.63) is 71.8 Å². The molecule has 0 N–H and O–H groups in total. The normalized spacial score (nSPS) is 15.3. The maximum Gasteiger partial charge on any atom is 0.410 e. The number of ether oxygens (including phenoxy) is 1. The van der Waals surface area contributed by atoms with Crippen molar-refractivity contribution in [2.45, 2.75) is 45.3 Å². The number of rotatable bonds is 3. The van der Waals surface area contributed by atoms with Crippen molar-refractivity contribution in [3.8, 4) is 0 Å². The lowest BCUT2D eigenvalue weighted by Gasteiger charge is -2.32. The van der Waals surface area contributed by atoms with Gasteiger partial charge in [-0.25, -0.2) is 4.79 Å². The van der Waals surface area contributed by atoms with Gasteiger partial charge in [0.2, 0.25) is 0 Å². The number of hydrogen-bond donors (Lipinski definition) is 0. The van der Waals surface area contributed by atoms with Gasteiger partial charge in [0.25, 0.3) is 0 Å². The summed E-state index contributed by atoms with van der Waals surface area (Å²) < 4.78 is 5.48. The number of piperidine rings is 1. The predicted molar refractivity (Wildman–Crippen MR) is 109 cm³/mol. The number of hydrogen-bond acceptors (Lipinski definition) is 3. The third kappa shape index (κ3) is 5.43. The van der Waals surface area contributed by atoms with Crippen LogP contribution in [0.3, 0.4) is 0 Å². The molecule has 1 fully saturated rings. The lowest BCUT2D eigenvalue weighted by molar-refractivity contribution is 0.0207. The SMILES string of the molecule is CC(C)(C)OC(=O)N1CCC(N=C(c2ccccc2)c2ccccc2)CC1. The Morgan fingerprint density at radius 2 is 1.41 bits per heavy atom. The van der Waals surface area contributed by atoms with Crippen molar-refractivity contribution in [1.82, 2.24) is 4.90 Å². The van der Waals surface area contributed by atoms with Crippen LogP contribution in [0.15, 0.2) is 65.7 Å². The molecule has 0 radical (unpaired) electrons. The van der Waals surface area contributed by atoms with E-state index in [2.05, 4.69) is 24.3 Å². The van der Waals surface area contributed by atoms with Crippen LogP contribution < -0.4 is 0 Å². The topological polar surface area (TPSA) is 41.9 Å². The summed E-state index contributed by atoms with van der Waals surface area (Å²) in [6, 6.07) is 20.8. The predicted octanol–water partition coefficient (Wildman–Crippen LogP) is 4.92. The van der Waals surface area contributed by atoms with Crippen molar-refractivity contribution in [3.63, 3.8) is 0 Å². The second kappa shape index (κ2) is 8.38. The van der Waals surface area contributed by atoms with Crippen LogP contribution in [0.25, 0.3) is 0 Å². The summed E-state index contributed by atoms with van der Waals surface area (Å²) in [4.78, 5) is 19.1. The number of benzene rings is 2. The Labute approximate surface area is 161 Å². The van der Waals surface area contributed by atoms with E-state index in [1.807, 2.05) is 57.2 Å². The molecule has 0 atom stereocenters. The molecule has 1 aliphatic rings. The summed E-state index contributed by atoms with van der Waals surface area (Å²) in [7, 11) is 0. The highest BCUT2D eigenvalue weighted by Gasteiger charge is 2.27. The Hall–Kier alpha value is -2.62. The zero-order valence-corrected chi connectivity index (χ0v) is 16.4. The zero-order chi connectivity index (χ0) is 19.3. The fourth-order valence-electron chi connectivity index (χ4n) is 3.19. The zero-order valence-electron chi connectivity index (χ0n) is 16.4. The van der Waals surface area contributed by atoms with Gasteiger partial charge in [0.05, 0.1) is 11.8 Å². The van der Waals surface area contributed by atoms with Crippen LogP contribution in [-0.2, 0) is 4.74 Å². The van der Waals surface area contributed by atoms with Crippen LogP contribution in [0.2, 0.25) is 0 Å². The molecule has 0 spiro atoms. The first-order valence-corrected chi connectivity index (χ1v) is 9.59. The largest absolute Gasteiger partial charge is 0.444 e. The summed E-state index contributed by atoms with van der Waals surface area (Å²) in [6.07, 6.45) is 1.47. The molecule has 1 saturated heterocycles. The molecule has 0 aliphatic carbocycles. The summed E-state index contributed by atoms with van der Waals surface area (Å²) >= 11 is 0. The smallest absolute Gasteiger partial charge is 0.410 e. The minimum absolute atomic E-state index is 0.207. The number of likely N-dealkylation sites (tertiary alicyclic amines) is 1. The summed E-state index contributed by atoms with van der Waals surface area (Å²) in [6.45, 7) is 7.05. The molecule has 2 aromatic carbocycles. The molecular weight excluding hydrogens is 336 g/mol. The number of carbonyl (C=O) groups is 1. The first kappa shape index (κ1) is 19.2. The van der Waals surface area contributed by atoms with E-state index in [0.29, 0.717) is 13.1 Å². The van der Waals surface area contributed by atoms with Crippen molar-refractivity contribution in [1.29, 1.82) is 0 Å². The fourth-order valence-corrected chi connectivity index (χ4v) is 3.19. The minimum Gasteiger partial charge on any atom is -0.444 e. The Morgan fingerprint density at radius 1 is 0.926 bits per heavy atom. The summed E-state index contributed by atoms with van der Waals surface area (Å²) in [5.74, 6) is 0. The number of aliphatic imine (C=N–C) groups is 1. The lowest BCUT2D eigenvalue weighted by atomic mass is 10.00. The van der Waals surface area contributed by atoms with Crippen molar-refractivity contribution >= 4 is 11.8 Å². The third-order valence-corrected chi connectivity index (χ3v) is 4.52. The van der Waals surface area contributed by atoms with Gasteiger partial charge in [0.1, 0.15) is 5.60 Å². The van der Waals surface area contributed by atoms with Gasteiger partial charge in [0, 0.05) is 24.2 Å². The molecule has 1 amide bonds. The van der Waals surface area contributed by atoms with Crippen LogP contribution in [-0.4, -0.2) is 41.4 Å². The van der Waals surface area contributed by atoms with Gasteiger partial charge in [-0.05, 0) is 33.6 Å². The quantitative estimate of drug-likeness (QED) is 0.725. The van der Waals surface area contributed by atoms with Crippen LogP contribution in [0.4, 0.5) is 4.79 Å². The fraction of sp³-hybridized carbons (Fsp3) is 0.391. The van der Waals surface area contributed by atoms with E-state index in [1.54, 1.807) is 4.90 Å². The van der Waals surface area contributed by atoms with Crippen molar-refractivity contribution in [2.75, 3.05) is 13.1 Å². The van der Waals surface area contributed by atoms with Crippen LogP contribution in [0.1, 0.15) is 44.7 Å². The first-order valence-electron chi connectivity index (χ1n) is 9.59. The molecule has 0 aromatic heterocycles. The number of carbonyl (C=O) groups excluding carboxylic acids is 1. The first-order chi connectivity index (χ1) is 12.9. The van der Waals surface area contributed by atoms with Gasteiger partial charge in [-0.15, -0.1) is 0 Å². The average Bonchev–Trinajstić information content (AvgIpc) is 2.66. The van der Waals surface area contributed by atoms with E-state index in [-0.39, 0.29) is 12.1 Å². The standard InChI is InChI=1S/C23H28N2O2/c1-23(2,3)27-22(26)25-16-14-20(15-17-25)24-21(18-10-6-4-7-11-18)19-12-8-5-9-13-19/h4-13,20H,14-17H2,1-3H3. The van der Waals surface area contributed by atoms with Gasteiger partial charge < -0.3 is 9.64 Å². The van der Waals surface area contributed by atoms with E-state index >= 15 is 0 Å². The van der Waals surface area contributed by atoms with E-state index in [9.17, 15) is 4.79 Å². The van der Waals surface area contributed by atoms with Gasteiger partial charge in [-0.3, -0.25) is 4.99 Å². The molecule has 3 rings (SSSR count). The highest BCUT2D eigenvalue weighted by atomic mass is 16.6. The van der Waals surface area contributed by atoms with Crippen molar-refractivity contribution < 1.29 is 9.53 Å². The van der Waals surface area contributed by atoms with Crippen LogP contribution in [0, 0.1) is 0 Å². The Morgan fingerprint density at radius 3 is 1.85 bits per heavy atom. The minimum atomic E-state index is -0.458. The van der Waals surface area contributed by atoms with Gasteiger partial charge in [-0.1, -0.05) is 60.7 Å². The molecule has 2 aromatic rings. The van der Waals surface area contributed by atoms with E-state index in [1.165, 1.54) is 0 Å². The second-order valence-electron chi connectivity index (χ2n) is 7.91. The molecule has 0 saturated carbocycles. The van der Waals surface area contributed by atoms with Crippen LogP contribution in [0.5, 0.6) is 0 Å². The van der Waals surface area contributed by atoms with E-state index in [0.717, 1.165) is 29.7 Å². The van der Waals surface area contributed by atoms with Gasteiger partial charge in [0.15, 0.2) is 0 Å². The maximum absolute atomic E-state index is 12.3. The molecule has 4 nitrogen and oxygen atoms in total. The van der Waals surface area contributed by atoms with Crippen LogP contribution >= 0.6 is 0 Å². The van der Waals surface area contributed by atoms with Gasteiger partial charge in [-0.2, -0.15) is 0 Å². The van der Waals surface area contributed by atoms with Gasteiger partial charge >= 0.3 is 6.09 Å². The third-order valence-electron chi connectivity index (χ3n) is 4.52. The Balaban J connectivity index is 1.73. The lowest BCUT2D eigenvalue weighted by Crippen LogP contribution is -2.42. The maximum atomic E-state index is 12.3. The molecule has 4 heteroatoms. The summed E-state index contributed by atoms with van der Waals surface area (Å²) in [5, 5.41) is 0. The highest BCUT2D eigenvalue weighted by Crippen LogP contribution is 2.20. The number of amides is 1. The van der Waals surface area contributed by atoms with Crippen molar-refractivity contribution in [2.24, 2.45) is 4.99 Å². The molecule has 1 aliphatic heterocycles. The molecule has 0 unspecified atom stereocenters. The van der Waals surface area contributed by atoms with E-state index in [4.69, 9.17) is 9.73 Å². The molecular formula is C23H28N2O2. The molecule has 142 valence electrons. The Kier molecular flexibility index (Phi) is 5.94.